The van der Waals surface area contributed by atoms with E-state index in [4.69, 9.17) is 0 Å². The lowest BCUT2D eigenvalue weighted by atomic mass is 10.3. The van der Waals surface area contributed by atoms with Crippen molar-refractivity contribution in [3.8, 4) is 0 Å². The molecule has 1 aromatic heterocycles. The molecule has 0 aliphatic carbocycles. The average Bonchev–Trinajstić information content (AvgIpc) is 2.58. The topological polar surface area (TPSA) is 66.9 Å². The van der Waals surface area contributed by atoms with Crippen molar-refractivity contribution >= 4 is 39.2 Å². The zero-order chi connectivity index (χ0) is 16.1. The van der Waals surface area contributed by atoms with E-state index >= 15 is 0 Å². The van der Waals surface area contributed by atoms with Gasteiger partial charge in [0.2, 0.25) is 5.95 Å². The Kier molecular flexibility index (Phi) is 4.63. The summed E-state index contributed by atoms with van der Waals surface area (Å²) < 4.78 is 0.912. The van der Waals surface area contributed by atoms with Gasteiger partial charge in [-0.25, -0.2) is 9.97 Å². The first kappa shape index (κ1) is 15.2. The van der Waals surface area contributed by atoms with E-state index in [0.717, 1.165) is 15.8 Å². The molecule has 2 N–H and O–H groups in total. The molecule has 23 heavy (non-hydrogen) atoms. The van der Waals surface area contributed by atoms with E-state index in [1.807, 2.05) is 54.6 Å². The summed E-state index contributed by atoms with van der Waals surface area (Å²) in [4.78, 5) is 20.5. The lowest BCUT2D eigenvalue weighted by molar-refractivity contribution is 0.102. The number of hydrogen-bond donors (Lipinski definition) is 2. The first-order valence-electron chi connectivity index (χ1n) is 6.92. The van der Waals surface area contributed by atoms with Gasteiger partial charge in [-0.2, -0.15) is 0 Å². The van der Waals surface area contributed by atoms with E-state index in [9.17, 15) is 4.79 Å². The van der Waals surface area contributed by atoms with Gasteiger partial charge in [-0.15, -0.1) is 0 Å². The molecule has 0 aliphatic rings. The van der Waals surface area contributed by atoms with Crippen LogP contribution in [0.15, 0.2) is 71.5 Å². The molecule has 1 heterocycles. The molecule has 0 spiro atoms. The lowest BCUT2D eigenvalue weighted by Gasteiger charge is -2.07. The molecule has 3 aromatic rings. The average molecular weight is 369 g/mol. The largest absolute Gasteiger partial charge is 0.323 e. The van der Waals surface area contributed by atoms with E-state index in [1.165, 1.54) is 12.4 Å². The molecule has 0 bridgehead atoms. The zero-order valence-electron chi connectivity index (χ0n) is 12.0. The number of para-hydroxylation sites is 2. The number of halogens is 1. The number of aromatic nitrogens is 2. The van der Waals surface area contributed by atoms with Crippen molar-refractivity contribution in [3.05, 3.63) is 77.0 Å². The van der Waals surface area contributed by atoms with Crippen LogP contribution in [-0.2, 0) is 0 Å². The third-order valence-electron chi connectivity index (χ3n) is 3.07. The number of anilines is 3. The van der Waals surface area contributed by atoms with Gasteiger partial charge in [0, 0.05) is 22.6 Å². The van der Waals surface area contributed by atoms with Crippen molar-refractivity contribution < 1.29 is 4.79 Å². The van der Waals surface area contributed by atoms with Gasteiger partial charge in [0.15, 0.2) is 0 Å². The maximum atomic E-state index is 12.1. The van der Waals surface area contributed by atoms with Crippen LogP contribution in [0.3, 0.4) is 0 Å². The second-order valence-corrected chi connectivity index (χ2v) is 5.57. The molecule has 1 amide bonds. The van der Waals surface area contributed by atoms with Gasteiger partial charge >= 0.3 is 0 Å². The van der Waals surface area contributed by atoms with Crippen LogP contribution in [0.1, 0.15) is 10.4 Å². The molecule has 0 fully saturated rings. The number of benzene rings is 2. The van der Waals surface area contributed by atoms with Crippen molar-refractivity contribution in [1.82, 2.24) is 9.97 Å². The predicted molar refractivity (Wildman–Crippen MR) is 93.9 cm³/mol. The fourth-order valence-corrected chi connectivity index (χ4v) is 2.30. The molecule has 6 heteroatoms. The van der Waals surface area contributed by atoms with Crippen LogP contribution in [0.4, 0.5) is 17.3 Å². The summed E-state index contributed by atoms with van der Waals surface area (Å²) in [7, 11) is 0. The van der Waals surface area contributed by atoms with Crippen LogP contribution >= 0.6 is 15.9 Å². The van der Waals surface area contributed by atoms with E-state index in [1.54, 1.807) is 0 Å². The van der Waals surface area contributed by atoms with Gasteiger partial charge in [-0.3, -0.25) is 4.79 Å². The molecule has 2 aromatic carbocycles. The number of carbonyl (C=O) groups excluding carboxylic acids is 1. The molecule has 0 aliphatic heterocycles. The minimum absolute atomic E-state index is 0.247. The highest BCUT2D eigenvalue weighted by molar-refractivity contribution is 9.10. The highest BCUT2D eigenvalue weighted by atomic mass is 79.9. The second-order valence-electron chi connectivity index (χ2n) is 4.72. The molecular formula is C17H13BrN4O. The smallest absolute Gasteiger partial charge is 0.258 e. The maximum absolute atomic E-state index is 12.1. The quantitative estimate of drug-likeness (QED) is 0.722. The van der Waals surface area contributed by atoms with Gasteiger partial charge in [-0.1, -0.05) is 30.3 Å². The SMILES string of the molecule is O=C(Nc1ccccc1)c1cnc(Nc2ccccc2Br)nc1. The monoisotopic (exact) mass is 368 g/mol. The summed E-state index contributed by atoms with van der Waals surface area (Å²) >= 11 is 3.45. The molecule has 0 saturated heterocycles. The number of hydrogen-bond acceptors (Lipinski definition) is 4. The number of nitrogens with one attached hydrogen (secondary N) is 2. The first-order valence-corrected chi connectivity index (χ1v) is 7.72. The Hall–Kier alpha value is -2.73. The molecule has 5 nitrogen and oxygen atoms in total. The fourth-order valence-electron chi connectivity index (χ4n) is 1.92. The van der Waals surface area contributed by atoms with E-state index in [-0.39, 0.29) is 5.91 Å². The van der Waals surface area contributed by atoms with Crippen molar-refractivity contribution in [3.63, 3.8) is 0 Å². The van der Waals surface area contributed by atoms with Crippen molar-refractivity contribution in [2.24, 2.45) is 0 Å². The molecule has 3 rings (SSSR count). The van der Waals surface area contributed by atoms with Crippen LogP contribution < -0.4 is 10.6 Å². The second kappa shape index (κ2) is 7.02. The number of rotatable bonds is 4. The summed E-state index contributed by atoms with van der Waals surface area (Å²) in [6.07, 6.45) is 2.98. The minimum Gasteiger partial charge on any atom is -0.323 e. The summed E-state index contributed by atoms with van der Waals surface area (Å²) in [6, 6.07) is 16.9. The van der Waals surface area contributed by atoms with Crippen molar-refractivity contribution in [1.29, 1.82) is 0 Å². The van der Waals surface area contributed by atoms with Crippen molar-refractivity contribution in [2.75, 3.05) is 10.6 Å². The highest BCUT2D eigenvalue weighted by Gasteiger charge is 2.08. The van der Waals surface area contributed by atoms with E-state index in [2.05, 4.69) is 36.5 Å². The number of amides is 1. The van der Waals surface area contributed by atoms with Crippen LogP contribution in [0.5, 0.6) is 0 Å². The molecule has 114 valence electrons. The van der Waals surface area contributed by atoms with Gasteiger partial charge in [0.1, 0.15) is 0 Å². The molecule has 0 radical (unpaired) electrons. The highest BCUT2D eigenvalue weighted by Crippen LogP contribution is 2.23. The van der Waals surface area contributed by atoms with Crippen LogP contribution in [0, 0.1) is 0 Å². The van der Waals surface area contributed by atoms with E-state index in [0.29, 0.717) is 11.5 Å². The lowest BCUT2D eigenvalue weighted by Crippen LogP contribution is -2.13. The van der Waals surface area contributed by atoms with Gasteiger partial charge < -0.3 is 10.6 Å². The predicted octanol–water partition coefficient (Wildman–Crippen LogP) is 4.24. The Morgan fingerprint density at radius 1 is 0.913 bits per heavy atom. The Labute approximate surface area is 141 Å². The van der Waals surface area contributed by atoms with Gasteiger partial charge in [-0.05, 0) is 40.2 Å². The fraction of sp³-hybridized carbons (Fsp3) is 0. The van der Waals surface area contributed by atoms with E-state index < -0.39 is 0 Å². The summed E-state index contributed by atoms with van der Waals surface area (Å²) in [6.45, 7) is 0. The standard InChI is InChI=1S/C17H13BrN4O/c18-14-8-4-5-9-15(14)22-17-19-10-12(11-20-17)16(23)21-13-6-2-1-3-7-13/h1-11H,(H,21,23)(H,19,20,22). The summed E-state index contributed by atoms with van der Waals surface area (Å²) in [5.41, 5.74) is 1.98. The van der Waals surface area contributed by atoms with Crippen molar-refractivity contribution in [2.45, 2.75) is 0 Å². The zero-order valence-corrected chi connectivity index (χ0v) is 13.6. The third-order valence-corrected chi connectivity index (χ3v) is 3.76. The number of carbonyl (C=O) groups is 1. The molecular weight excluding hydrogens is 356 g/mol. The van der Waals surface area contributed by atoms with Crippen LogP contribution in [-0.4, -0.2) is 15.9 Å². The van der Waals surface area contributed by atoms with Gasteiger partial charge in [0.05, 0.1) is 11.3 Å². The third kappa shape index (κ3) is 3.92. The maximum Gasteiger partial charge on any atom is 0.258 e. The van der Waals surface area contributed by atoms with Gasteiger partial charge in [0.25, 0.3) is 5.91 Å². The summed E-state index contributed by atoms with van der Waals surface area (Å²) in [5, 5.41) is 5.88. The van der Waals surface area contributed by atoms with Crippen LogP contribution in [0.25, 0.3) is 0 Å². The first-order chi connectivity index (χ1) is 11.2. The number of nitrogens with zero attached hydrogens (tertiary/aromatic N) is 2. The molecule has 0 atom stereocenters. The Morgan fingerprint density at radius 3 is 2.26 bits per heavy atom. The molecule has 0 saturated carbocycles. The molecule has 0 unspecified atom stereocenters. The minimum atomic E-state index is -0.247. The Morgan fingerprint density at radius 2 is 1.57 bits per heavy atom. The summed E-state index contributed by atoms with van der Waals surface area (Å²) in [5.74, 6) is 0.178. The van der Waals surface area contributed by atoms with Crippen LogP contribution in [0.2, 0.25) is 0 Å². The normalized spacial score (nSPS) is 10.1. The Bertz CT molecular complexity index is 806. The Balaban J connectivity index is 1.69.